The maximum Gasteiger partial charge on any atom is 0.271 e. The first-order chi connectivity index (χ1) is 24.9. The number of benzene rings is 2. The number of pyridine rings is 3. The second-order valence-corrected chi connectivity index (χ2v) is 12.9. The van der Waals surface area contributed by atoms with Crippen molar-refractivity contribution in [1.29, 1.82) is 0 Å². The van der Waals surface area contributed by atoms with Crippen LogP contribution in [0.2, 0.25) is 0 Å². The molecular weight excluding hydrogens is 677 g/mol. The van der Waals surface area contributed by atoms with E-state index in [4.69, 9.17) is 14.2 Å². The van der Waals surface area contributed by atoms with Crippen LogP contribution in [0.1, 0.15) is 29.3 Å². The van der Waals surface area contributed by atoms with Crippen LogP contribution in [0.25, 0.3) is 26.5 Å². The van der Waals surface area contributed by atoms with Gasteiger partial charge in [-0.2, -0.15) is 0 Å². The van der Waals surface area contributed by atoms with E-state index < -0.39 is 23.1 Å². The lowest BCUT2D eigenvalue weighted by molar-refractivity contribution is 0.0341. The van der Waals surface area contributed by atoms with E-state index in [9.17, 15) is 14.0 Å². The summed E-state index contributed by atoms with van der Waals surface area (Å²) in [5.74, 6) is -1.56. The van der Waals surface area contributed by atoms with Crippen molar-refractivity contribution in [1.82, 2.24) is 19.4 Å². The Hall–Kier alpha value is -5.50. The van der Waals surface area contributed by atoms with Gasteiger partial charge in [-0.05, 0) is 66.6 Å². The number of nitrogens with one attached hydrogen (secondary N) is 1. The van der Waals surface area contributed by atoms with Gasteiger partial charge in [0.15, 0.2) is 11.6 Å². The summed E-state index contributed by atoms with van der Waals surface area (Å²) in [6.07, 6.45) is 5.57. The van der Waals surface area contributed by atoms with Gasteiger partial charge in [-0.3, -0.25) is 29.0 Å². The summed E-state index contributed by atoms with van der Waals surface area (Å²) >= 11 is 1.44. The Balaban J connectivity index is 1.09. The summed E-state index contributed by atoms with van der Waals surface area (Å²) in [5.41, 5.74) is 2.12. The molecule has 1 fully saturated rings. The van der Waals surface area contributed by atoms with Gasteiger partial charge in [0, 0.05) is 61.7 Å². The first-order valence-electron chi connectivity index (χ1n) is 16.4. The van der Waals surface area contributed by atoms with Crippen LogP contribution in [0.4, 0.5) is 14.5 Å². The molecule has 4 aromatic heterocycles. The number of ether oxygens (including phenoxy) is 3. The minimum atomic E-state index is -0.791. The van der Waals surface area contributed by atoms with Gasteiger partial charge in [0.05, 0.1) is 40.6 Å². The van der Waals surface area contributed by atoms with Gasteiger partial charge in [-0.25, -0.2) is 8.78 Å². The molecule has 0 bridgehead atoms. The van der Waals surface area contributed by atoms with E-state index in [1.807, 2.05) is 25.3 Å². The number of halogens is 2. The number of rotatable bonds is 11. The molecule has 0 aliphatic carbocycles. The third-order valence-electron chi connectivity index (χ3n) is 8.22. The van der Waals surface area contributed by atoms with Crippen LogP contribution in [0, 0.1) is 11.6 Å². The van der Waals surface area contributed by atoms with Gasteiger partial charge >= 0.3 is 0 Å². The lowest BCUT2D eigenvalue weighted by Crippen LogP contribution is -2.35. The highest BCUT2D eigenvalue weighted by Crippen LogP contribution is 2.39. The number of hydrogen-bond acceptors (Lipinski definition) is 9. The number of thiophene rings is 1. The van der Waals surface area contributed by atoms with Crippen molar-refractivity contribution in [2.45, 2.75) is 19.9 Å². The van der Waals surface area contributed by atoms with Crippen molar-refractivity contribution in [2.24, 2.45) is 0 Å². The molecule has 1 saturated heterocycles. The topological polar surface area (TPSA) is 108 Å². The predicted octanol–water partition coefficient (Wildman–Crippen LogP) is 7.45. The molecule has 0 radical (unpaired) electrons. The SMILES string of the molecule is CCCOc1ccn(-c2ccc(F)cc2)c(=O)c1C(=O)Nc1ccc(Oc2ccnc3cc(-c4ccc(CN5CCOCC5)cn4)sc23)c(F)c1. The number of anilines is 1. The fourth-order valence-electron chi connectivity index (χ4n) is 5.64. The molecule has 0 unspecified atom stereocenters. The van der Waals surface area contributed by atoms with Gasteiger partial charge < -0.3 is 19.5 Å². The Morgan fingerprint density at radius 3 is 2.53 bits per heavy atom. The number of morpholine rings is 1. The summed E-state index contributed by atoms with van der Waals surface area (Å²) in [6, 6.07) is 18.4. The zero-order valence-electron chi connectivity index (χ0n) is 27.6. The van der Waals surface area contributed by atoms with E-state index in [-0.39, 0.29) is 29.4 Å². The minimum Gasteiger partial charge on any atom is -0.492 e. The van der Waals surface area contributed by atoms with Crippen molar-refractivity contribution in [3.63, 3.8) is 0 Å². The van der Waals surface area contributed by atoms with Crippen molar-refractivity contribution < 1.29 is 27.8 Å². The van der Waals surface area contributed by atoms with Gasteiger partial charge in [-0.15, -0.1) is 11.3 Å². The number of amides is 1. The molecule has 260 valence electrons. The summed E-state index contributed by atoms with van der Waals surface area (Å²) in [7, 11) is 0. The molecule has 0 atom stereocenters. The van der Waals surface area contributed by atoms with Crippen LogP contribution >= 0.6 is 11.3 Å². The van der Waals surface area contributed by atoms with Gasteiger partial charge in [0.2, 0.25) is 0 Å². The minimum absolute atomic E-state index is 0.0635. The van der Waals surface area contributed by atoms with Gasteiger partial charge in [0.1, 0.15) is 22.9 Å². The van der Waals surface area contributed by atoms with Crippen LogP contribution in [0.3, 0.4) is 0 Å². The fraction of sp³-hybridized carbons (Fsp3) is 0.211. The third-order valence-corrected chi connectivity index (χ3v) is 9.38. The predicted molar refractivity (Wildman–Crippen MR) is 191 cm³/mol. The Morgan fingerprint density at radius 2 is 1.78 bits per heavy atom. The van der Waals surface area contributed by atoms with E-state index in [0.717, 1.165) is 59.7 Å². The zero-order valence-corrected chi connectivity index (χ0v) is 28.4. The molecule has 51 heavy (non-hydrogen) atoms. The van der Waals surface area contributed by atoms with Crippen molar-refractivity contribution in [3.8, 4) is 33.5 Å². The Bertz CT molecular complexity index is 2240. The van der Waals surface area contributed by atoms with Crippen molar-refractivity contribution >= 4 is 33.1 Å². The van der Waals surface area contributed by atoms with E-state index in [1.54, 1.807) is 12.3 Å². The number of hydrogen-bond donors (Lipinski definition) is 1. The first kappa shape index (κ1) is 34.0. The number of fused-ring (bicyclic) bond motifs is 1. The number of carbonyl (C=O) groups is 1. The largest absolute Gasteiger partial charge is 0.492 e. The second kappa shape index (κ2) is 15.2. The van der Waals surface area contributed by atoms with Crippen LogP contribution in [-0.4, -0.2) is 58.3 Å². The van der Waals surface area contributed by atoms with Crippen LogP contribution in [-0.2, 0) is 11.3 Å². The van der Waals surface area contributed by atoms with Crippen molar-refractivity contribution in [2.75, 3.05) is 38.2 Å². The monoisotopic (exact) mass is 709 g/mol. The molecule has 10 nitrogen and oxygen atoms in total. The summed E-state index contributed by atoms with van der Waals surface area (Å²) < 4.78 is 48.1. The standard InChI is InChI=1S/C38H33F2N5O5S/c1-2-17-49-32-12-14-45(27-7-4-25(39)5-8-27)38(47)35(32)37(46)43-26-6-10-31(28(40)20-26)50-33-11-13-41-30-21-34(51-36(30)33)29-9-3-24(22-42-29)23-44-15-18-48-19-16-44/h3-14,20-22H,2,15-19,23H2,1H3,(H,43,46). The molecule has 1 aliphatic heterocycles. The smallest absolute Gasteiger partial charge is 0.271 e. The number of carbonyl (C=O) groups excluding carboxylic acids is 1. The number of aromatic nitrogens is 3. The highest BCUT2D eigenvalue weighted by molar-refractivity contribution is 7.22. The average molecular weight is 710 g/mol. The lowest BCUT2D eigenvalue weighted by Gasteiger charge is -2.26. The normalized spacial score (nSPS) is 13.3. The maximum atomic E-state index is 15.5. The van der Waals surface area contributed by atoms with Gasteiger partial charge in [-0.1, -0.05) is 13.0 Å². The molecule has 2 aromatic carbocycles. The molecule has 13 heteroatoms. The summed E-state index contributed by atoms with van der Waals surface area (Å²) in [5, 5.41) is 2.60. The van der Waals surface area contributed by atoms with Crippen LogP contribution < -0.4 is 20.3 Å². The second-order valence-electron chi connectivity index (χ2n) is 11.8. The first-order valence-corrected chi connectivity index (χ1v) is 17.2. The molecule has 1 aliphatic rings. The Kier molecular flexibility index (Phi) is 10.1. The van der Waals surface area contributed by atoms with E-state index in [2.05, 4.69) is 26.3 Å². The van der Waals surface area contributed by atoms with Crippen LogP contribution in [0.5, 0.6) is 17.2 Å². The molecule has 0 spiro atoms. The molecule has 5 heterocycles. The highest BCUT2D eigenvalue weighted by Gasteiger charge is 2.22. The Labute approximate surface area is 295 Å². The maximum absolute atomic E-state index is 15.5. The molecule has 7 rings (SSSR count). The van der Waals surface area contributed by atoms with Gasteiger partial charge in [0.25, 0.3) is 11.5 Å². The van der Waals surface area contributed by atoms with E-state index >= 15 is 4.39 Å². The highest BCUT2D eigenvalue weighted by atomic mass is 32.1. The van der Waals surface area contributed by atoms with Crippen LogP contribution in [0.15, 0.2) is 96.2 Å². The summed E-state index contributed by atoms with van der Waals surface area (Å²) in [4.78, 5) is 39.4. The molecule has 1 amide bonds. The zero-order chi connectivity index (χ0) is 35.3. The average Bonchev–Trinajstić information content (AvgIpc) is 3.58. The fourth-order valence-corrected chi connectivity index (χ4v) is 6.68. The van der Waals surface area contributed by atoms with E-state index in [1.165, 1.54) is 64.6 Å². The third kappa shape index (κ3) is 7.65. The van der Waals surface area contributed by atoms with E-state index in [0.29, 0.717) is 23.4 Å². The quantitative estimate of drug-likeness (QED) is 0.148. The number of nitrogens with zero attached hydrogens (tertiary/aromatic N) is 4. The van der Waals surface area contributed by atoms with Crippen molar-refractivity contribution in [3.05, 3.63) is 125 Å². The molecule has 1 N–H and O–H groups in total. The lowest BCUT2D eigenvalue weighted by atomic mass is 10.2. The molecule has 6 aromatic rings. The summed E-state index contributed by atoms with van der Waals surface area (Å²) in [6.45, 7) is 6.25. The molecule has 0 saturated carbocycles. The Morgan fingerprint density at radius 1 is 0.961 bits per heavy atom. The molecular formula is C38H33F2N5O5S.